The van der Waals surface area contributed by atoms with Crippen LogP contribution in [0.15, 0.2) is 133 Å². The van der Waals surface area contributed by atoms with E-state index in [9.17, 15) is 0 Å². The lowest BCUT2D eigenvalue weighted by Gasteiger charge is -2.19. The van der Waals surface area contributed by atoms with Crippen LogP contribution in [0.2, 0.25) is 0 Å². The molecule has 3 nitrogen and oxygen atoms in total. The molecule has 0 bridgehead atoms. The summed E-state index contributed by atoms with van der Waals surface area (Å²) < 4.78 is 7.34. The molecule has 3 aromatic heterocycles. The van der Waals surface area contributed by atoms with Gasteiger partial charge in [0.05, 0.1) is 33.1 Å². The summed E-state index contributed by atoms with van der Waals surface area (Å²) >= 11 is 0. The van der Waals surface area contributed by atoms with Crippen LogP contribution in [-0.4, -0.2) is 13.7 Å². The Hall–Kier alpha value is -6.06. The van der Waals surface area contributed by atoms with E-state index in [-0.39, 0.29) is 5.41 Å². The Labute approximate surface area is 310 Å². The topological polar surface area (TPSA) is 14.8 Å². The molecule has 10 aromatic rings. The van der Waals surface area contributed by atoms with Crippen molar-refractivity contribution in [3.8, 4) is 17.1 Å². The Balaban J connectivity index is 1.28. The molecule has 0 saturated heterocycles. The minimum atomic E-state index is 0.0644. The van der Waals surface area contributed by atoms with Gasteiger partial charge in [-0.25, -0.2) is 0 Å². The molecule has 0 aliphatic rings. The second-order valence-corrected chi connectivity index (χ2v) is 16.3. The molecule has 10 rings (SSSR count). The zero-order valence-electron chi connectivity index (χ0n) is 31.5. The molecule has 0 aliphatic heterocycles. The van der Waals surface area contributed by atoms with E-state index in [1.807, 2.05) is 0 Å². The van der Waals surface area contributed by atoms with Gasteiger partial charge in [0.15, 0.2) is 0 Å². The fraction of sp³-hybridized carbons (Fsp3) is 0.160. The van der Waals surface area contributed by atoms with E-state index >= 15 is 0 Å². The molecule has 0 spiro atoms. The maximum atomic E-state index is 2.46. The average Bonchev–Trinajstić information content (AvgIpc) is 3.75. The molecule has 3 heteroatoms. The minimum absolute atomic E-state index is 0.0644. The Bertz CT molecular complexity index is 3060. The molecule has 0 N–H and O–H groups in total. The van der Waals surface area contributed by atoms with Crippen LogP contribution in [0.25, 0.3) is 82.5 Å². The second kappa shape index (κ2) is 11.2. The Morgan fingerprint density at radius 3 is 1.02 bits per heavy atom. The summed E-state index contributed by atoms with van der Waals surface area (Å²) in [6.07, 6.45) is 0. The van der Waals surface area contributed by atoms with Crippen molar-refractivity contribution in [2.75, 3.05) is 0 Å². The van der Waals surface area contributed by atoms with Crippen LogP contribution in [0.4, 0.5) is 0 Å². The fourth-order valence-corrected chi connectivity index (χ4v) is 8.66. The largest absolute Gasteiger partial charge is 0.309 e. The van der Waals surface area contributed by atoms with E-state index in [4.69, 9.17) is 0 Å². The van der Waals surface area contributed by atoms with Crippen LogP contribution in [0.1, 0.15) is 48.6 Å². The van der Waals surface area contributed by atoms with Crippen molar-refractivity contribution in [3.63, 3.8) is 0 Å². The highest BCUT2D eigenvalue weighted by atomic mass is 15.0. The van der Waals surface area contributed by atoms with Gasteiger partial charge in [-0.05, 0) is 136 Å². The van der Waals surface area contributed by atoms with E-state index < -0.39 is 0 Å². The third-order valence-electron chi connectivity index (χ3n) is 11.4. The average molecular weight is 686 g/mol. The highest BCUT2D eigenvalue weighted by molar-refractivity contribution is 6.14. The summed E-state index contributed by atoms with van der Waals surface area (Å²) in [6.45, 7) is 15.6. The lowest BCUT2D eigenvalue weighted by Crippen LogP contribution is -2.10. The normalized spacial score (nSPS) is 12.4. The van der Waals surface area contributed by atoms with Crippen LogP contribution in [0.5, 0.6) is 0 Å². The molecule has 7 aromatic carbocycles. The van der Waals surface area contributed by atoms with Gasteiger partial charge in [-0.1, -0.05) is 79.4 Å². The second-order valence-electron chi connectivity index (χ2n) is 16.3. The van der Waals surface area contributed by atoms with Gasteiger partial charge >= 0.3 is 0 Å². The first kappa shape index (κ1) is 31.7. The summed E-state index contributed by atoms with van der Waals surface area (Å²) in [4.78, 5) is 0. The Morgan fingerprint density at radius 2 is 0.604 bits per heavy atom. The molecule has 0 radical (unpaired) electrons. The maximum absolute atomic E-state index is 2.46. The van der Waals surface area contributed by atoms with E-state index in [1.54, 1.807) is 0 Å². The molecule has 0 aliphatic carbocycles. The summed E-state index contributed by atoms with van der Waals surface area (Å²) in [5.74, 6) is 0. The lowest BCUT2D eigenvalue weighted by molar-refractivity contribution is 0.591. The van der Waals surface area contributed by atoms with Crippen LogP contribution >= 0.6 is 0 Å². The number of nitrogens with zero attached hydrogens (tertiary/aromatic N) is 3. The zero-order valence-corrected chi connectivity index (χ0v) is 31.5. The third kappa shape index (κ3) is 4.80. The predicted molar refractivity (Wildman–Crippen MR) is 227 cm³/mol. The molecule has 0 amide bonds. The molecule has 258 valence electrons. The zero-order chi connectivity index (χ0) is 36.3. The highest BCUT2D eigenvalue weighted by Crippen LogP contribution is 2.40. The quantitative estimate of drug-likeness (QED) is 0.176. The van der Waals surface area contributed by atoms with E-state index in [2.05, 4.69) is 196 Å². The van der Waals surface area contributed by atoms with Crippen molar-refractivity contribution in [3.05, 3.63) is 161 Å². The number of benzene rings is 7. The van der Waals surface area contributed by atoms with Crippen molar-refractivity contribution in [2.45, 2.75) is 53.9 Å². The number of rotatable bonds is 3. The standard InChI is InChI=1S/C50H43N3/c1-30-8-14-35(15-9-30)51-48-22-16-36(52-44-18-10-31(2)24-38(44)39-25-32(3)11-19-45(39)52)28-42(48)43-29-37(17-23-49(43)51)53-46-20-12-33(4)26-40(46)41-27-34(50(5,6)7)13-21-47(41)53/h8-29H,1-7H3. The fourth-order valence-electron chi connectivity index (χ4n) is 8.66. The molecule has 0 fully saturated rings. The number of hydrogen-bond acceptors (Lipinski definition) is 0. The summed E-state index contributed by atoms with van der Waals surface area (Å²) in [6, 6.07) is 50.6. The molecule has 53 heavy (non-hydrogen) atoms. The van der Waals surface area contributed by atoms with E-state index in [0.717, 1.165) is 0 Å². The van der Waals surface area contributed by atoms with E-state index in [1.165, 1.54) is 110 Å². The molecule has 0 unspecified atom stereocenters. The van der Waals surface area contributed by atoms with Crippen molar-refractivity contribution < 1.29 is 0 Å². The third-order valence-corrected chi connectivity index (χ3v) is 11.4. The van der Waals surface area contributed by atoms with Gasteiger partial charge in [-0.15, -0.1) is 0 Å². The Kier molecular flexibility index (Phi) is 6.70. The monoisotopic (exact) mass is 685 g/mol. The van der Waals surface area contributed by atoms with Gasteiger partial charge in [0.1, 0.15) is 0 Å². The first-order chi connectivity index (χ1) is 25.5. The van der Waals surface area contributed by atoms with Crippen molar-refractivity contribution in [1.82, 2.24) is 13.7 Å². The summed E-state index contributed by atoms with van der Waals surface area (Å²) in [5.41, 5.74) is 17.3. The van der Waals surface area contributed by atoms with Gasteiger partial charge in [-0.3, -0.25) is 0 Å². The van der Waals surface area contributed by atoms with Gasteiger partial charge in [-0.2, -0.15) is 0 Å². The number of aromatic nitrogens is 3. The van der Waals surface area contributed by atoms with Gasteiger partial charge in [0.25, 0.3) is 0 Å². The SMILES string of the molecule is Cc1ccc(-n2c3ccc(-n4c5ccc(C)cc5c5cc(C)ccc54)cc3c3cc(-n4c5ccc(C)cc5c5cc(C(C)(C)C)ccc54)ccc32)cc1. The molecule has 0 saturated carbocycles. The number of aryl methyl sites for hydroxylation is 4. The molecule has 0 atom stereocenters. The molecular formula is C50H43N3. The Morgan fingerprint density at radius 1 is 0.302 bits per heavy atom. The highest BCUT2D eigenvalue weighted by Gasteiger charge is 2.21. The number of fused-ring (bicyclic) bond motifs is 9. The summed E-state index contributed by atoms with van der Waals surface area (Å²) in [5, 5.41) is 7.67. The van der Waals surface area contributed by atoms with Gasteiger partial charge in [0, 0.05) is 49.4 Å². The first-order valence-corrected chi connectivity index (χ1v) is 18.8. The lowest BCUT2D eigenvalue weighted by atomic mass is 9.86. The summed E-state index contributed by atoms with van der Waals surface area (Å²) in [7, 11) is 0. The molecular weight excluding hydrogens is 643 g/mol. The van der Waals surface area contributed by atoms with Crippen LogP contribution in [0.3, 0.4) is 0 Å². The van der Waals surface area contributed by atoms with Crippen molar-refractivity contribution in [1.29, 1.82) is 0 Å². The van der Waals surface area contributed by atoms with Gasteiger partial charge in [0.2, 0.25) is 0 Å². The van der Waals surface area contributed by atoms with Crippen LogP contribution in [0, 0.1) is 27.7 Å². The smallest absolute Gasteiger partial charge is 0.0542 e. The predicted octanol–water partition coefficient (Wildman–Crippen LogP) is 13.5. The van der Waals surface area contributed by atoms with Crippen LogP contribution in [-0.2, 0) is 5.41 Å². The van der Waals surface area contributed by atoms with Crippen molar-refractivity contribution in [2.24, 2.45) is 0 Å². The van der Waals surface area contributed by atoms with Crippen LogP contribution < -0.4 is 0 Å². The number of hydrogen-bond donors (Lipinski definition) is 0. The van der Waals surface area contributed by atoms with Crippen molar-refractivity contribution >= 4 is 65.4 Å². The maximum Gasteiger partial charge on any atom is 0.0542 e. The van der Waals surface area contributed by atoms with E-state index in [0.29, 0.717) is 0 Å². The van der Waals surface area contributed by atoms with Gasteiger partial charge < -0.3 is 13.7 Å². The first-order valence-electron chi connectivity index (χ1n) is 18.8. The molecule has 3 heterocycles. The minimum Gasteiger partial charge on any atom is -0.309 e.